The van der Waals surface area contributed by atoms with Crippen LogP contribution in [0.3, 0.4) is 0 Å². The van der Waals surface area contributed by atoms with E-state index in [4.69, 9.17) is 16.7 Å². The summed E-state index contributed by atoms with van der Waals surface area (Å²) in [6.45, 7) is 3.65. The number of carbonyl (C=O) groups is 1. The Balaban J connectivity index is 2.35. The van der Waals surface area contributed by atoms with Gasteiger partial charge in [-0.25, -0.2) is 9.78 Å². The lowest BCUT2D eigenvalue weighted by molar-refractivity contribution is 0.0690. The van der Waals surface area contributed by atoms with Crippen LogP contribution in [0.2, 0.25) is 5.02 Å². The van der Waals surface area contributed by atoms with Crippen LogP contribution in [-0.2, 0) is 0 Å². The summed E-state index contributed by atoms with van der Waals surface area (Å²) in [7, 11) is 0. The zero-order valence-corrected chi connectivity index (χ0v) is 11.4. The molecule has 0 atom stereocenters. The number of nitrogens with zero attached hydrogens (tertiary/aromatic N) is 1. The van der Waals surface area contributed by atoms with Crippen LogP contribution >= 0.6 is 22.9 Å². The van der Waals surface area contributed by atoms with Crippen LogP contribution in [0.25, 0.3) is 0 Å². The lowest BCUT2D eigenvalue weighted by Crippen LogP contribution is -1.99. The van der Waals surface area contributed by atoms with Gasteiger partial charge in [0.05, 0.1) is 10.7 Å². The van der Waals surface area contributed by atoms with Gasteiger partial charge < -0.3 is 10.4 Å². The second kappa shape index (κ2) is 4.96. The van der Waals surface area contributed by atoms with Crippen molar-refractivity contribution in [1.82, 2.24) is 4.98 Å². The summed E-state index contributed by atoms with van der Waals surface area (Å²) in [6.07, 6.45) is 0. The molecule has 4 nitrogen and oxygen atoms in total. The van der Waals surface area contributed by atoms with E-state index < -0.39 is 5.97 Å². The molecule has 0 saturated heterocycles. The Bertz CT molecular complexity index is 590. The highest BCUT2D eigenvalue weighted by Crippen LogP contribution is 2.31. The van der Waals surface area contributed by atoms with Gasteiger partial charge in [-0.1, -0.05) is 23.7 Å². The molecular formula is C12H11ClN2O2S. The Labute approximate surface area is 113 Å². The number of rotatable bonds is 3. The molecule has 1 heterocycles. The molecule has 0 bridgehead atoms. The highest BCUT2D eigenvalue weighted by Gasteiger charge is 2.15. The molecule has 0 amide bonds. The standard InChI is InChI=1S/C12H11ClN2O2S/c1-6-4-3-5-8(13)9(6)14-12-15-10(11(16)17)7(2)18-12/h3-5H,1-2H3,(H,14,15)(H,16,17). The van der Waals surface area contributed by atoms with Crippen LogP contribution in [0.5, 0.6) is 0 Å². The van der Waals surface area contributed by atoms with Crippen molar-refractivity contribution in [2.75, 3.05) is 5.32 Å². The fourth-order valence-corrected chi connectivity index (χ4v) is 2.62. The van der Waals surface area contributed by atoms with Crippen molar-refractivity contribution in [2.45, 2.75) is 13.8 Å². The van der Waals surface area contributed by atoms with Crippen molar-refractivity contribution in [3.8, 4) is 0 Å². The van der Waals surface area contributed by atoms with Crippen molar-refractivity contribution in [2.24, 2.45) is 0 Å². The molecule has 6 heteroatoms. The fraction of sp³-hybridized carbons (Fsp3) is 0.167. The summed E-state index contributed by atoms with van der Waals surface area (Å²) >= 11 is 7.38. The van der Waals surface area contributed by atoms with E-state index in [0.717, 1.165) is 11.3 Å². The van der Waals surface area contributed by atoms with E-state index >= 15 is 0 Å². The number of nitrogens with one attached hydrogen (secondary N) is 1. The summed E-state index contributed by atoms with van der Waals surface area (Å²) in [5.74, 6) is -1.02. The summed E-state index contributed by atoms with van der Waals surface area (Å²) in [5, 5.41) is 13.1. The van der Waals surface area contributed by atoms with E-state index in [1.165, 1.54) is 11.3 Å². The van der Waals surface area contributed by atoms with Gasteiger partial charge in [0, 0.05) is 4.88 Å². The molecule has 1 aromatic carbocycles. The minimum atomic E-state index is -1.02. The molecule has 0 fully saturated rings. The van der Waals surface area contributed by atoms with Crippen molar-refractivity contribution in [3.05, 3.63) is 39.4 Å². The second-order valence-electron chi connectivity index (χ2n) is 3.79. The normalized spacial score (nSPS) is 10.4. The number of para-hydroxylation sites is 1. The first-order chi connectivity index (χ1) is 8.49. The minimum Gasteiger partial charge on any atom is -0.476 e. The van der Waals surface area contributed by atoms with Crippen LogP contribution in [0.4, 0.5) is 10.8 Å². The maximum atomic E-state index is 10.9. The van der Waals surface area contributed by atoms with Crippen LogP contribution in [0, 0.1) is 13.8 Å². The molecule has 0 aliphatic carbocycles. The molecule has 0 aliphatic heterocycles. The van der Waals surface area contributed by atoms with Crippen molar-refractivity contribution in [1.29, 1.82) is 0 Å². The number of aromatic nitrogens is 1. The van der Waals surface area contributed by atoms with Gasteiger partial charge in [-0.3, -0.25) is 0 Å². The first-order valence-electron chi connectivity index (χ1n) is 5.22. The summed E-state index contributed by atoms with van der Waals surface area (Å²) in [4.78, 5) is 15.6. The van der Waals surface area contributed by atoms with Crippen LogP contribution in [0.15, 0.2) is 18.2 Å². The maximum Gasteiger partial charge on any atom is 0.355 e. The largest absolute Gasteiger partial charge is 0.476 e. The van der Waals surface area contributed by atoms with Crippen LogP contribution in [-0.4, -0.2) is 16.1 Å². The predicted molar refractivity (Wildman–Crippen MR) is 73.3 cm³/mol. The number of carboxylic acid groups (broad SMARTS) is 1. The van der Waals surface area contributed by atoms with Gasteiger partial charge >= 0.3 is 5.97 Å². The topological polar surface area (TPSA) is 62.2 Å². The zero-order chi connectivity index (χ0) is 13.3. The third kappa shape index (κ3) is 2.47. The molecule has 2 N–H and O–H groups in total. The van der Waals surface area contributed by atoms with E-state index in [2.05, 4.69) is 10.3 Å². The van der Waals surface area contributed by atoms with Gasteiger partial charge in [-0.15, -0.1) is 11.3 Å². The first-order valence-corrected chi connectivity index (χ1v) is 6.41. The van der Waals surface area contributed by atoms with Gasteiger partial charge in [0.15, 0.2) is 10.8 Å². The molecule has 2 rings (SSSR count). The molecule has 94 valence electrons. The number of halogens is 1. The lowest BCUT2D eigenvalue weighted by atomic mass is 10.2. The number of carboxylic acids is 1. The van der Waals surface area contributed by atoms with E-state index in [9.17, 15) is 4.79 Å². The number of thiazole rings is 1. The molecule has 0 aliphatic rings. The summed E-state index contributed by atoms with van der Waals surface area (Å²) < 4.78 is 0. The van der Waals surface area contributed by atoms with Gasteiger partial charge in [0.1, 0.15) is 0 Å². The Morgan fingerprint density at radius 1 is 1.44 bits per heavy atom. The third-order valence-corrected chi connectivity index (χ3v) is 3.65. The van der Waals surface area contributed by atoms with Gasteiger partial charge in [-0.05, 0) is 25.5 Å². The highest BCUT2D eigenvalue weighted by molar-refractivity contribution is 7.15. The fourth-order valence-electron chi connectivity index (χ4n) is 1.55. The Morgan fingerprint density at radius 3 is 2.72 bits per heavy atom. The highest BCUT2D eigenvalue weighted by atomic mass is 35.5. The average molecular weight is 283 g/mol. The molecule has 0 unspecified atom stereocenters. The molecule has 1 aromatic heterocycles. The van der Waals surface area contributed by atoms with Crippen molar-refractivity contribution < 1.29 is 9.90 Å². The quantitative estimate of drug-likeness (QED) is 0.897. The van der Waals surface area contributed by atoms with E-state index in [1.54, 1.807) is 13.0 Å². The number of hydrogen-bond acceptors (Lipinski definition) is 4. The molecule has 2 aromatic rings. The number of hydrogen-bond donors (Lipinski definition) is 2. The molecule has 0 spiro atoms. The Hall–Kier alpha value is -1.59. The van der Waals surface area contributed by atoms with E-state index in [0.29, 0.717) is 15.0 Å². The smallest absolute Gasteiger partial charge is 0.355 e. The number of anilines is 2. The lowest BCUT2D eigenvalue weighted by Gasteiger charge is -2.08. The van der Waals surface area contributed by atoms with E-state index in [-0.39, 0.29) is 5.69 Å². The molecule has 0 radical (unpaired) electrons. The van der Waals surface area contributed by atoms with Gasteiger partial charge in [-0.2, -0.15) is 0 Å². The maximum absolute atomic E-state index is 10.9. The van der Waals surface area contributed by atoms with Crippen molar-refractivity contribution >= 4 is 39.7 Å². The first kappa shape index (κ1) is 12.9. The number of aromatic carboxylic acids is 1. The SMILES string of the molecule is Cc1cccc(Cl)c1Nc1nc(C(=O)O)c(C)s1. The predicted octanol–water partition coefficient (Wildman–Crippen LogP) is 3.86. The monoisotopic (exact) mass is 282 g/mol. The van der Waals surface area contributed by atoms with Crippen molar-refractivity contribution in [3.63, 3.8) is 0 Å². The third-order valence-electron chi connectivity index (χ3n) is 2.45. The van der Waals surface area contributed by atoms with Crippen LogP contribution < -0.4 is 5.32 Å². The van der Waals surface area contributed by atoms with Crippen LogP contribution in [0.1, 0.15) is 20.9 Å². The number of aryl methyl sites for hydroxylation is 2. The second-order valence-corrected chi connectivity index (χ2v) is 5.40. The summed E-state index contributed by atoms with van der Waals surface area (Å²) in [6, 6.07) is 5.56. The van der Waals surface area contributed by atoms with Gasteiger partial charge in [0.25, 0.3) is 0 Å². The molecule has 18 heavy (non-hydrogen) atoms. The number of benzene rings is 1. The Morgan fingerprint density at radius 2 is 2.17 bits per heavy atom. The Kier molecular flexibility index (Phi) is 3.54. The average Bonchev–Trinajstić information content (AvgIpc) is 2.65. The summed E-state index contributed by atoms with van der Waals surface area (Å²) in [5.41, 5.74) is 1.81. The molecular weight excluding hydrogens is 272 g/mol. The molecule has 0 saturated carbocycles. The van der Waals surface area contributed by atoms with E-state index in [1.807, 2.05) is 19.1 Å². The van der Waals surface area contributed by atoms with Gasteiger partial charge in [0.2, 0.25) is 0 Å². The minimum absolute atomic E-state index is 0.0761. The zero-order valence-electron chi connectivity index (χ0n) is 9.82.